The molecule has 14 heteroatoms. The summed E-state index contributed by atoms with van der Waals surface area (Å²) >= 11 is 0. The Balaban J connectivity index is 1.08. The van der Waals surface area contributed by atoms with Crippen molar-refractivity contribution in [2.75, 3.05) is 19.8 Å². The first-order chi connectivity index (χ1) is 40.8. The van der Waals surface area contributed by atoms with Gasteiger partial charge in [0.05, 0.1) is 57.8 Å². The van der Waals surface area contributed by atoms with Gasteiger partial charge in [-0.3, -0.25) is 4.18 Å². The maximum absolute atomic E-state index is 14.0. The van der Waals surface area contributed by atoms with Crippen LogP contribution in [0.15, 0.2) is 211 Å². The highest BCUT2D eigenvalue weighted by Gasteiger charge is 2.52. The molecule has 0 aromatic heterocycles. The molecule has 9 rings (SSSR count). The molecular weight excluding hydrogens is 1070 g/mol. The van der Waals surface area contributed by atoms with E-state index in [2.05, 4.69) is 6.92 Å². The third-order valence-corrected chi connectivity index (χ3v) is 16.1. The van der Waals surface area contributed by atoms with Crippen molar-refractivity contribution in [3.05, 3.63) is 245 Å². The van der Waals surface area contributed by atoms with Crippen molar-refractivity contribution in [1.29, 1.82) is 0 Å². The number of rotatable bonds is 33. The smallest absolute Gasteiger partial charge is 0.297 e. The van der Waals surface area contributed by atoms with Gasteiger partial charge in [0.25, 0.3) is 10.1 Å². The van der Waals surface area contributed by atoms with E-state index >= 15 is 0 Å². The molecule has 0 aliphatic carbocycles. The van der Waals surface area contributed by atoms with E-state index in [0.29, 0.717) is 6.61 Å². The Morgan fingerprint density at radius 2 is 0.675 bits per heavy atom. The molecule has 0 N–H and O–H groups in total. The fourth-order valence-electron chi connectivity index (χ4n) is 10.2. The van der Waals surface area contributed by atoms with Gasteiger partial charge in [-0.1, -0.05) is 239 Å². The second kappa shape index (κ2) is 32.9. The Bertz CT molecular complexity index is 2980. The predicted octanol–water partition coefficient (Wildman–Crippen LogP) is 13.1. The van der Waals surface area contributed by atoms with Gasteiger partial charge in [0.15, 0.2) is 12.6 Å². The molecule has 0 amide bonds. The van der Waals surface area contributed by atoms with Gasteiger partial charge in [0.1, 0.15) is 48.8 Å². The highest BCUT2D eigenvalue weighted by Crippen LogP contribution is 2.36. The van der Waals surface area contributed by atoms with Gasteiger partial charge in [0.2, 0.25) is 0 Å². The van der Waals surface area contributed by atoms with Crippen LogP contribution in [-0.4, -0.2) is 89.7 Å². The molecule has 0 bridgehead atoms. The van der Waals surface area contributed by atoms with Crippen molar-refractivity contribution in [3.8, 4) is 0 Å². The lowest BCUT2D eigenvalue weighted by Crippen LogP contribution is -2.64. The Kier molecular flexibility index (Phi) is 24.4. The van der Waals surface area contributed by atoms with E-state index in [-0.39, 0.29) is 51.1 Å². The molecular formula is C69H80O13S. The van der Waals surface area contributed by atoms with Crippen LogP contribution in [0.25, 0.3) is 0 Å². The van der Waals surface area contributed by atoms with E-state index in [0.717, 1.165) is 64.6 Å². The number of unbranched alkanes of at least 4 members (excludes halogenated alkanes) is 5. The summed E-state index contributed by atoms with van der Waals surface area (Å²) in [4.78, 5) is 0.00811. The highest BCUT2D eigenvalue weighted by molar-refractivity contribution is 7.86. The third kappa shape index (κ3) is 19.0. The first-order valence-corrected chi connectivity index (χ1v) is 30.6. The minimum atomic E-state index is -4.29. The summed E-state index contributed by atoms with van der Waals surface area (Å²) in [6.07, 6.45) is -2.72. The van der Waals surface area contributed by atoms with Gasteiger partial charge in [-0.15, -0.1) is 0 Å². The van der Waals surface area contributed by atoms with Gasteiger partial charge >= 0.3 is 0 Å². The van der Waals surface area contributed by atoms with Crippen LogP contribution in [0.3, 0.4) is 0 Å². The van der Waals surface area contributed by atoms with Crippen LogP contribution >= 0.6 is 0 Å². The van der Waals surface area contributed by atoms with Crippen LogP contribution in [0.4, 0.5) is 0 Å². The van der Waals surface area contributed by atoms with Crippen LogP contribution in [0.1, 0.15) is 84.4 Å². The van der Waals surface area contributed by atoms with Crippen LogP contribution in [0.2, 0.25) is 0 Å². The monoisotopic (exact) mass is 1150 g/mol. The molecule has 0 unspecified atom stereocenters. The van der Waals surface area contributed by atoms with Crippen molar-refractivity contribution in [1.82, 2.24) is 0 Å². The average molecular weight is 1150 g/mol. The van der Waals surface area contributed by atoms with Crippen molar-refractivity contribution < 1.29 is 60.0 Å². The Morgan fingerprint density at radius 1 is 0.349 bits per heavy atom. The molecule has 7 aromatic rings. The first-order valence-electron chi connectivity index (χ1n) is 29.2. The van der Waals surface area contributed by atoms with E-state index in [1.54, 1.807) is 12.1 Å². The topological polar surface area (TPSA) is 136 Å². The molecule has 13 nitrogen and oxygen atoms in total. The predicted molar refractivity (Wildman–Crippen MR) is 317 cm³/mol. The molecule has 0 radical (unpaired) electrons. The summed E-state index contributed by atoms with van der Waals surface area (Å²) in [7, 11) is -4.29. The number of hydrogen-bond acceptors (Lipinski definition) is 13. The minimum Gasteiger partial charge on any atom is -0.368 e. The zero-order chi connectivity index (χ0) is 57.3. The van der Waals surface area contributed by atoms with Crippen molar-refractivity contribution >= 4 is 10.1 Å². The maximum Gasteiger partial charge on any atom is 0.297 e. The minimum absolute atomic E-state index is 0.00811. The zero-order valence-electron chi connectivity index (χ0n) is 47.7. The van der Waals surface area contributed by atoms with E-state index in [1.807, 2.05) is 189 Å². The fraction of sp³-hybridized carbons (Fsp3) is 0.391. The second-order valence-electron chi connectivity index (χ2n) is 21.2. The van der Waals surface area contributed by atoms with Crippen LogP contribution in [-0.2, 0) is 101 Å². The molecule has 0 saturated carbocycles. The molecule has 2 saturated heterocycles. The van der Waals surface area contributed by atoms with Gasteiger partial charge in [-0.25, -0.2) is 0 Å². The number of benzene rings is 7. The summed E-state index contributed by atoms with van der Waals surface area (Å²) in [6, 6.07) is 65.9. The summed E-state index contributed by atoms with van der Waals surface area (Å²) in [5.41, 5.74) is 6.50. The lowest BCUT2D eigenvalue weighted by atomic mass is 9.96. The molecule has 2 heterocycles. The summed E-state index contributed by atoms with van der Waals surface area (Å²) in [5, 5.41) is 0. The fourth-order valence-corrected chi connectivity index (χ4v) is 11.1. The van der Waals surface area contributed by atoms with E-state index < -0.39 is 78.1 Å². The SMILES string of the molecule is CCCCCCCCO[C@H]1O[C@H](CO[C@H]2O[C@H](COS(=O)(=O)c3ccc(C)cc3)[C@@H](OCc3ccccc3)[C@H](OCc3ccccc3)[C@H]2OCc2ccccc2)[C@@H](OCc2ccccc2)[C@H](OCc2ccccc2)[C@@H]1OCc1ccccc1. The van der Waals surface area contributed by atoms with Crippen LogP contribution in [0, 0.1) is 6.92 Å². The van der Waals surface area contributed by atoms with Crippen LogP contribution < -0.4 is 0 Å². The van der Waals surface area contributed by atoms with Gasteiger partial charge in [-0.05, 0) is 58.9 Å². The highest BCUT2D eigenvalue weighted by atomic mass is 32.2. The van der Waals surface area contributed by atoms with Gasteiger partial charge in [0, 0.05) is 6.61 Å². The Morgan fingerprint density at radius 3 is 1.06 bits per heavy atom. The molecule has 2 aliphatic heterocycles. The lowest BCUT2D eigenvalue weighted by molar-refractivity contribution is -0.352. The quantitative estimate of drug-likeness (QED) is 0.0285. The lowest BCUT2D eigenvalue weighted by Gasteiger charge is -2.48. The molecule has 7 aromatic carbocycles. The zero-order valence-corrected chi connectivity index (χ0v) is 48.5. The average Bonchev–Trinajstić information content (AvgIpc) is 3.72. The van der Waals surface area contributed by atoms with Crippen molar-refractivity contribution in [2.45, 2.75) is 158 Å². The van der Waals surface area contributed by atoms with Gasteiger partial charge in [-0.2, -0.15) is 8.42 Å². The normalized spacial score (nSPS) is 22.8. The molecule has 2 fully saturated rings. The molecule has 440 valence electrons. The first kappa shape index (κ1) is 61.6. The van der Waals surface area contributed by atoms with Crippen molar-refractivity contribution in [3.63, 3.8) is 0 Å². The van der Waals surface area contributed by atoms with Gasteiger partial charge < -0.3 is 47.4 Å². The van der Waals surface area contributed by atoms with E-state index in [9.17, 15) is 8.42 Å². The number of hydrogen-bond donors (Lipinski definition) is 0. The molecule has 83 heavy (non-hydrogen) atoms. The third-order valence-electron chi connectivity index (χ3n) is 14.8. The van der Waals surface area contributed by atoms with Crippen LogP contribution in [0.5, 0.6) is 0 Å². The largest absolute Gasteiger partial charge is 0.368 e. The standard InChI is InChI=1S/C69H80O13S/c1-3-4-5-6-7-26-43-72-68-66(77-48-57-35-22-12-23-36-57)64(75-46-55-31-18-10-19-32-55)62(73-44-53-27-14-8-15-28-53)60(81-68)50-79-69-67(78-49-58-37-24-13-25-38-58)65(76-47-56-33-20-11-21-34-56)63(74-45-54-29-16-9-17-30-54)61(82-69)51-80-83(70,71)59-41-39-52(2)40-42-59/h8-25,27-42,60-69H,3-7,26,43-51H2,1-2H3/t60-,61-,62-,63-,64+,65+,66+,67-,68+,69+/m1/s1. The molecule has 10 atom stereocenters. The Hall–Kier alpha value is -5.95. The summed E-state index contributed by atoms with van der Waals surface area (Å²) in [6.45, 7) is 5.16. The Labute approximate surface area is 491 Å². The molecule has 2 aliphatic rings. The number of ether oxygens (including phenoxy) is 10. The summed E-state index contributed by atoms with van der Waals surface area (Å²) < 4.78 is 104. The van der Waals surface area contributed by atoms with Crippen molar-refractivity contribution in [2.24, 2.45) is 0 Å². The maximum atomic E-state index is 14.0. The van der Waals surface area contributed by atoms with E-state index in [4.69, 9.17) is 51.6 Å². The summed E-state index contributed by atoms with van der Waals surface area (Å²) in [5.74, 6) is 0. The van der Waals surface area contributed by atoms with E-state index in [1.165, 1.54) is 25.0 Å². The second-order valence-corrected chi connectivity index (χ2v) is 22.8. The number of aryl methyl sites for hydroxylation is 1. The molecule has 0 spiro atoms.